The van der Waals surface area contributed by atoms with E-state index in [-0.39, 0.29) is 0 Å². The second-order valence-corrected chi connectivity index (χ2v) is 5.69. The summed E-state index contributed by atoms with van der Waals surface area (Å²) in [5.74, 6) is 0. The third kappa shape index (κ3) is 3.76. The first-order chi connectivity index (χ1) is 11.3. The first-order valence-electron chi connectivity index (χ1n) is 7.31. The Bertz CT molecular complexity index is 800. The molecular formula is C18H16N2O2S. The van der Waals surface area contributed by atoms with Crippen LogP contribution >= 0.6 is 11.3 Å². The third-order valence-electron chi connectivity index (χ3n) is 3.21. The Labute approximate surface area is 138 Å². The molecule has 0 spiro atoms. The zero-order valence-corrected chi connectivity index (χ0v) is 13.5. The Kier molecular flexibility index (Phi) is 4.68. The Hall–Kier alpha value is -2.66. The fraction of sp³-hybridized carbons (Fsp3) is 0.111. The van der Waals surface area contributed by atoms with Gasteiger partial charge in [-0.05, 0) is 19.1 Å². The lowest BCUT2D eigenvalue weighted by Gasteiger charge is -2.06. The molecule has 0 atom stereocenters. The van der Waals surface area contributed by atoms with Gasteiger partial charge in [-0.2, -0.15) is 0 Å². The predicted octanol–water partition coefficient (Wildman–Crippen LogP) is 5.05. The van der Waals surface area contributed by atoms with Gasteiger partial charge >= 0.3 is 6.09 Å². The number of ether oxygens (including phenoxy) is 1. The summed E-state index contributed by atoms with van der Waals surface area (Å²) >= 11 is 1.60. The molecule has 0 saturated carbocycles. The van der Waals surface area contributed by atoms with Crippen LogP contribution in [0.5, 0.6) is 0 Å². The van der Waals surface area contributed by atoms with Crippen LogP contribution in [0.2, 0.25) is 0 Å². The first kappa shape index (κ1) is 15.2. The van der Waals surface area contributed by atoms with E-state index in [4.69, 9.17) is 4.74 Å². The van der Waals surface area contributed by atoms with Crippen molar-refractivity contribution in [3.8, 4) is 21.8 Å². The van der Waals surface area contributed by atoms with E-state index in [9.17, 15) is 4.79 Å². The average molecular weight is 324 g/mol. The van der Waals surface area contributed by atoms with Gasteiger partial charge in [0.1, 0.15) is 5.01 Å². The number of thiazole rings is 1. The zero-order valence-electron chi connectivity index (χ0n) is 12.7. The highest BCUT2D eigenvalue weighted by Gasteiger charge is 2.08. The van der Waals surface area contributed by atoms with Crippen LogP contribution in [0.4, 0.5) is 10.5 Å². The number of hydrogen-bond acceptors (Lipinski definition) is 4. The molecule has 5 heteroatoms. The number of amides is 1. The standard InChI is InChI=1S/C18H16N2O2S/c1-2-22-18(21)19-15-10-6-9-14(11-15)16-12-23-17(20-16)13-7-4-3-5-8-13/h3-12H,2H2,1H3,(H,19,21). The fourth-order valence-electron chi connectivity index (χ4n) is 2.16. The van der Waals surface area contributed by atoms with Crippen molar-refractivity contribution in [3.63, 3.8) is 0 Å². The maximum Gasteiger partial charge on any atom is 0.411 e. The summed E-state index contributed by atoms with van der Waals surface area (Å²) < 4.78 is 4.89. The Morgan fingerprint density at radius 2 is 1.91 bits per heavy atom. The summed E-state index contributed by atoms with van der Waals surface area (Å²) in [4.78, 5) is 16.2. The molecule has 3 aromatic rings. The van der Waals surface area contributed by atoms with Gasteiger partial charge in [-0.15, -0.1) is 11.3 Å². The minimum absolute atomic E-state index is 0.345. The van der Waals surface area contributed by atoms with Gasteiger partial charge in [-0.1, -0.05) is 42.5 Å². The topological polar surface area (TPSA) is 51.2 Å². The van der Waals surface area contributed by atoms with Crippen molar-refractivity contribution in [1.29, 1.82) is 0 Å². The van der Waals surface area contributed by atoms with Crippen LogP contribution in [0.25, 0.3) is 21.8 Å². The van der Waals surface area contributed by atoms with Gasteiger partial charge in [-0.3, -0.25) is 5.32 Å². The first-order valence-corrected chi connectivity index (χ1v) is 8.19. The molecule has 116 valence electrons. The molecule has 0 unspecified atom stereocenters. The second-order valence-electron chi connectivity index (χ2n) is 4.83. The van der Waals surface area contributed by atoms with Gasteiger partial charge in [-0.25, -0.2) is 9.78 Å². The number of anilines is 1. The number of nitrogens with one attached hydrogen (secondary N) is 1. The lowest BCUT2D eigenvalue weighted by molar-refractivity contribution is 0.168. The number of carbonyl (C=O) groups is 1. The number of rotatable bonds is 4. The van der Waals surface area contributed by atoms with E-state index in [0.29, 0.717) is 12.3 Å². The summed E-state index contributed by atoms with van der Waals surface area (Å²) in [6, 6.07) is 17.6. The highest BCUT2D eigenvalue weighted by molar-refractivity contribution is 7.13. The van der Waals surface area contributed by atoms with Gasteiger partial charge in [0.2, 0.25) is 0 Å². The molecule has 1 amide bonds. The number of benzene rings is 2. The SMILES string of the molecule is CCOC(=O)Nc1cccc(-c2csc(-c3ccccc3)n2)c1. The number of nitrogens with zero attached hydrogens (tertiary/aromatic N) is 1. The lowest BCUT2D eigenvalue weighted by atomic mass is 10.1. The van der Waals surface area contributed by atoms with E-state index in [1.54, 1.807) is 18.3 Å². The predicted molar refractivity (Wildman–Crippen MR) is 93.6 cm³/mol. The number of carbonyl (C=O) groups excluding carboxylic acids is 1. The largest absolute Gasteiger partial charge is 0.450 e. The van der Waals surface area contributed by atoms with Crippen LogP contribution in [0.1, 0.15) is 6.92 Å². The van der Waals surface area contributed by atoms with E-state index in [2.05, 4.69) is 10.3 Å². The van der Waals surface area contributed by atoms with Crippen molar-refractivity contribution >= 4 is 23.1 Å². The quantitative estimate of drug-likeness (QED) is 0.731. The highest BCUT2D eigenvalue weighted by Crippen LogP contribution is 2.29. The molecule has 4 nitrogen and oxygen atoms in total. The summed E-state index contributed by atoms with van der Waals surface area (Å²) in [5, 5.41) is 5.70. The van der Waals surface area contributed by atoms with Crippen molar-refractivity contribution in [2.24, 2.45) is 0 Å². The molecule has 1 heterocycles. The maximum absolute atomic E-state index is 11.5. The summed E-state index contributed by atoms with van der Waals surface area (Å²) in [6.45, 7) is 2.12. The summed E-state index contributed by atoms with van der Waals surface area (Å²) in [6.07, 6.45) is -0.451. The average Bonchev–Trinajstić information content (AvgIpc) is 3.06. The molecule has 0 fully saturated rings. The van der Waals surface area contributed by atoms with Crippen LogP contribution in [0.15, 0.2) is 60.0 Å². The normalized spacial score (nSPS) is 10.3. The van der Waals surface area contributed by atoms with Crippen LogP contribution in [0, 0.1) is 0 Å². The molecule has 1 N–H and O–H groups in total. The molecule has 0 aliphatic rings. The number of hydrogen-bond donors (Lipinski definition) is 1. The number of aromatic nitrogens is 1. The van der Waals surface area contributed by atoms with E-state index >= 15 is 0 Å². The Balaban J connectivity index is 1.82. The van der Waals surface area contributed by atoms with E-state index in [1.165, 1.54) is 0 Å². The smallest absolute Gasteiger partial charge is 0.411 e. The Morgan fingerprint density at radius 3 is 2.70 bits per heavy atom. The van der Waals surface area contributed by atoms with Crippen LogP contribution in [-0.4, -0.2) is 17.7 Å². The molecule has 0 radical (unpaired) electrons. The maximum atomic E-state index is 11.5. The molecule has 3 rings (SSSR count). The molecule has 0 saturated heterocycles. The molecular weight excluding hydrogens is 308 g/mol. The van der Waals surface area contributed by atoms with E-state index < -0.39 is 6.09 Å². The van der Waals surface area contributed by atoms with Gasteiger partial charge in [0, 0.05) is 22.2 Å². The lowest BCUT2D eigenvalue weighted by Crippen LogP contribution is -2.13. The van der Waals surface area contributed by atoms with Gasteiger partial charge in [0.05, 0.1) is 12.3 Å². The summed E-state index contributed by atoms with van der Waals surface area (Å²) in [5.41, 5.74) is 3.64. The fourth-order valence-corrected chi connectivity index (χ4v) is 3.00. The van der Waals surface area contributed by atoms with Crippen molar-refractivity contribution in [2.75, 3.05) is 11.9 Å². The van der Waals surface area contributed by atoms with Gasteiger partial charge < -0.3 is 4.74 Å². The minimum Gasteiger partial charge on any atom is -0.450 e. The van der Waals surface area contributed by atoms with Crippen LogP contribution < -0.4 is 5.32 Å². The highest BCUT2D eigenvalue weighted by atomic mass is 32.1. The summed E-state index contributed by atoms with van der Waals surface area (Å²) in [7, 11) is 0. The van der Waals surface area contributed by atoms with Crippen molar-refractivity contribution in [2.45, 2.75) is 6.92 Å². The zero-order chi connectivity index (χ0) is 16.1. The molecule has 0 bridgehead atoms. The minimum atomic E-state index is -0.451. The van der Waals surface area contributed by atoms with Gasteiger partial charge in [0.15, 0.2) is 0 Å². The van der Waals surface area contributed by atoms with E-state index in [1.807, 2.05) is 60.0 Å². The third-order valence-corrected chi connectivity index (χ3v) is 4.10. The van der Waals surface area contributed by atoms with Crippen LogP contribution in [-0.2, 0) is 4.74 Å². The Morgan fingerprint density at radius 1 is 1.13 bits per heavy atom. The molecule has 0 aliphatic carbocycles. The molecule has 23 heavy (non-hydrogen) atoms. The van der Waals surface area contributed by atoms with Crippen molar-refractivity contribution < 1.29 is 9.53 Å². The van der Waals surface area contributed by atoms with E-state index in [0.717, 1.165) is 21.8 Å². The van der Waals surface area contributed by atoms with Gasteiger partial charge in [0.25, 0.3) is 0 Å². The molecule has 1 aromatic heterocycles. The van der Waals surface area contributed by atoms with Crippen LogP contribution in [0.3, 0.4) is 0 Å². The van der Waals surface area contributed by atoms with Crippen molar-refractivity contribution in [3.05, 3.63) is 60.0 Å². The molecule has 0 aliphatic heterocycles. The molecule has 2 aromatic carbocycles. The van der Waals surface area contributed by atoms with Crippen molar-refractivity contribution in [1.82, 2.24) is 4.98 Å². The monoisotopic (exact) mass is 324 g/mol. The second kappa shape index (κ2) is 7.07.